The molecule has 1 aliphatic heterocycles. The van der Waals surface area contributed by atoms with Crippen molar-refractivity contribution in [2.75, 3.05) is 26.3 Å². The van der Waals surface area contributed by atoms with Gasteiger partial charge in [-0.25, -0.2) is 0 Å². The van der Waals surface area contributed by atoms with Gasteiger partial charge in [0.1, 0.15) is 0 Å². The third kappa shape index (κ3) is 3.53. The Labute approximate surface area is 85.7 Å². The molecule has 0 aromatic heterocycles. The zero-order valence-corrected chi connectivity index (χ0v) is 8.92. The van der Waals surface area contributed by atoms with Crippen LogP contribution in [0.5, 0.6) is 0 Å². The van der Waals surface area contributed by atoms with Crippen LogP contribution in [0.1, 0.15) is 26.2 Å². The van der Waals surface area contributed by atoms with Crippen molar-refractivity contribution >= 4 is 0 Å². The first-order valence-corrected chi connectivity index (χ1v) is 5.40. The van der Waals surface area contributed by atoms with Gasteiger partial charge in [-0.1, -0.05) is 0 Å². The summed E-state index contributed by atoms with van der Waals surface area (Å²) in [7, 11) is 0. The molecule has 0 saturated carbocycles. The molecule has 1 heterocycles. The zero-order chi connectivity index (χ0) is 10.4. The summed E-state index contributed by atoms with van der Waals surface area (Å²) in [6.07, 6.45) is 3.34. The van der Waals surface area contributed by atoms with Crippen LogP contribution >= 0.6 is 0 Å². The van der Waals surface area contributed by atoms with E-state index in [1.807, 2.05) is 6.92 Å². The number of hydrogen-bond acceptors (Lipinski definition) is 4. The van der Waals surface area contributed by atoms with Crippen molar-refractivity contribution in [1.29, 1.82) is 0 Å². The molecule has 1 fully saturated rings. The smallest absolute Gasteiger partial charge is 0.0633 e. The highest BCUT2D eigenvalue weighted by atomic mass is 16.3. The van der Waals surface area contributed by atoms with E-state index in [0.29, 0.717) is 6.04 Å². The van der Waals surface area contributed by atoms with Crippen LogP contribution in [0.15, 0.2) is 0 Å². The van der Waals surface area contributed by atoms with E-state index in [-0.39, 0.29) is 13.2 Å². The predicted molar refractivity (Wildman–Crippen MR) is 56.2 cm³/mol. The number of aliphatic hydroxyl groups is 2. The van der Waals surface area contributed by atoms with Crippen molar-refractivity contribution in [3.8, 4) is 0 Å². The van der Waals surface area contributed by atoms with Crippen molar-refractivity contribution < 1.29 is 10.2 Å². The summed E-state index contributed by atoms with van der Waals surface area (Å²) in [4.78, 5) is 0. The Morgan fingerprint density at radius 2 is 2.00 bits per heavy atom. The second kappa shape index (κ2) is 5.66. The lowest BCUT2D eigenvalue weighted by Crippen LogP contribution is -2.53. The molecule has 0 aromatic carbocycles. The fourth-order valence-electron chi connectivity index (χ4n) is 1.80. The highest BCUT2D eigenvalue weighted by molar-refractivity contribution is 4.86. The van der Waals surface area contributed by atoms with E-state index in [2.05, 4.69) is 10.6 Å². The monoisotopic (exact) mass is 202 g/mol. The fraction of sp³-hybridized carbons (Fsp3) is 1.00. The lowest BCUT2D eigenvalue weighted by molar-refractivity contribution is 0.0921. The summed E-state index contributed by atoms with van der Waals surface area (Å²) in [6.45, 7) is 3.91. The van der Waals surface area contributed by atoms with Crippen molar-refractivity contribution in [3.05, 3.63) is 0 Å². The minimum atomic E-state index is -0.533. The van der Waals surface area contributed by atoms with Crippen molar-refractivity contribution in [2.45, 2.75) is 37.8 Å². The molecule has 0 amide bonds. The molecule has 0 aromatic rings. The highest BCUT2D eigenvalue weighted by Gasteiger charge is 2.25. The maximum Gasteiger partial charge on any atom is 0.0633 e. The molecule has 1 atom stereocenters. The Morgan fingerprint density at radius 3 is 2.64 bits per heavy atom. The predicted octanol–water partition coefficient (Wildman–Crippen LogP) is -0.539. The minimum absolute atomic E-state index is 0.0204. The zero-order valence-electron chi connectivity index (χ0n) is 8.92. The van der Waals surface area contributed by atoms with Crippen LogP contribution in [0.2, 0.25) is 0 Å². The van der Waals surface area contributed by atoms with Gasteiger partial charge in [-0.15, -0.1) is 0 Å². The first-order valence-electron chi connectivity index (χ1n) is 5.40. The van der Waals surface area contributed by atoms with Crippen LogP contribution in [0.25, 0.3) is 0 Å². The average molecular weight is 202 g/mol. The quantitative estimate of drug-likeness (QED) is 0.494. The van der Waals surface area contributed by atoms with Crippen molar-refractivity contribution in [2.24, 2.45) is 0 Å². The normalized spacial score (nSPS) is 24.6. The van der Waals surface area contributed by atoms with Gasteiger partial charge in [-0.3, -0.25) is 0 Å². The summed E-state index contributed by atoms with van der Waals surface area (Å²) >= 11 is 0. The molecule has 1 unspecified atom stereocenters. The van der Waals surface area contributed by atoms with E-state index in [9.17, 15) is 0 Å². The fourth-order valence-corrected chi connectivity index (χ4v) is 1.80. The van der Waals surface area contributed by atoms with Gasteiger partial charge in [0.2, 0.25) is 0 Å². The van der Waals surface area contributed by atoms with Gasteiger partial charge < -0.3 is 20.8 Å². The standard InChI is InChI=1S/C10H22N2O2/c1-10(7-13,8-14)12-9-3-2-5-11-6-4-9/h9,11-14H,2-8H2,1H3. The Hall–Kier alpha value is -0.160. The minimum Gasteiger partial charge on any atom is -0.394 e. The molecular weight excluding hydrogens is 180 g/mol. The first-order chi connectivity index (χ1) is 6.70. The SMILES string of the molecule is CC(CO)(CO)NC1CCCNCC1. The lowest BCUT2D eigenvalue weighted by atomic mass is 10.0. The van der Waals surface area contributed by atoms with Crippen molar-refractivity contribution in [3.63, 3.8) is 0 Å². The Bertz CT molecular complexity index is 152. The summed E-state index contributed by atoms with van der Waals surface area (Å²) in [5.74, 6) is 0. The molecular formula is C10H22N2O2. The number of rotatable bonds is 4. The van der Waals surface area contributed by atoms with E-state index < -0.39 is 5.54 Å². The molecule has 1 rings (SSSR count). The van der Waals surface area contributed by atoms with Gasteiger partial charge >= 0.3 is 0 Å². The van der Waals surface area contributed by atoms with E-state index in [1.54, 1.807) is 0 Å². The number of nitrogens with one attached hydrogen (secondary N) is 2. The van der Waals surface area contributed by atoms with Crippen molar-refractivity contribution in [1.82, 2.24) is 10.6 Å². The van der Waals surface area contributed by atoms with E-state index in [0.717, 1.165) is 32.4 Å². The van der Waals surface area contributed by atoms with Gasteiger partial charge in [-0.2, -0.15) is 0 Å². The molecule has 0 radical (unpaired) electrons. The highest BCUT2D eigenvalue weighted by Crippen LogP contribution is 2.10. The molecule has 0 spiro atoms. The largest absolute Gasteiger partial charge is 0.394 e. The van der Waals surface area contributed by atoms with Crippen LogP contribution in [-0.4, -0.2) is 48.1 Å². The summed E-state index contributed by atoms with van der Waals surface area (Å²) in [5.41, 5.74) is -0.533. The molecule has 4 N–H and O–H groups in total. The average Bonchev–Trinajstić information content (AvgIpc) is 2.46. The maximum atomic E-state index is 9.15. The molecule has 1 saturated heterocycles. The van der Waals surface area contributed by atoms with Gasteiger partial charge in [0, 0.05) is 6.04 Å². The third-order valence-corrected chi connectivity index (χ3v) is 2.83. The molecule has 84 valence electrons. The molecule has 0 bridgehead atoms. The van der Waals surface area contributed by atoms with E-state index in [1.165, 1.54) is 0 Å². The molecule has 14 heavy (non-hydrogen) atoms. The molecule has 0 aliphatic carbocycles. The molecule has 4 nitrogen and oxygen atoms in total. The Balaban J connectivity index is 2.39. The molecule has 4 heteroatoms. The topological polar surface area (TPSA) is 64.5 Å². The number of hydrogen-bond donors (Lipinski definition) is 4. The van der Waals surface area contributed by atoms with Crippen LogP contribution in [0.4, 0.5) is 0 Å². The summed E-state index contributed by atoms with van der Waals surface area (Å²) in [5, 5.41) is 25.0. The Kier molecular flexibility index (Phi) is 4.81. The van der Waals surface area contributed by atoms with E-state index in [4.69, 9.17) is 10.2 Å². The molecule has 1 aliphatic rings. The van der Waals surface area contributed by atoms with E-state index >= 15 is 0 Å². The van der Waals surface area contributed by atoms with Crippen LogP contribution in [-0.2, 0) is 0 Å². The van der Waals surface area contributed by atoms with Crippen LogP contribution < -0.4 is 10.6 Å². The van der Waals surface area contributed by atoms with Gasteiger partial charge in [0.25, 0.3) is 0 Å². The third-order valence-electron chi connectivity index (χ3n) is 2.83. The first kappa shape index (κ1) is 11.9. The summed E-state index contributed by atoms with van der Waals surface area (Å²) in [6, 6.07) is 0.411. The van der Waals surface area contributed by atoms with Gasteiger partial charge in [0.05, 0.1) is 18.8 Å². The number of aliphatic hydroxyl groups excluding tert-OH is 2. The van der Waals surface area contributed by atoms with Gasteiger partial charge in [-0.05, 0) is 39.3 Å². The maximum absolute atomic E-state index is 9.15. The van der Waals surface area contributed by atoms with Crippen LogP contribution in [0.3, 0.4) is 0 Å². The second-order valence-electron chi connectivity index (χ2n) is 4.40. The summed E-state index contributed by atoms with van der Waals surface area (Å²) < 4.78 is 0. The van der Waals surface area contributed by atoms with Gasteiger partial charge in [0.15, 0.2) is 0 Å². The Morgan fingerprint density at radius 1 is 1.29 bits per heavy atom. The lowest BCUT2D eigenvalue weighted by Gasteiger charge is -2.31. The second-order valence-corrected chi connectivity index (χ2v) is 4.40. The van der Waals surface area contributed by atoms with Crippen LogP contribution in [0, 0.1) is 0 Å².